The lowest BCUT2D eigenvalue weighted by atomic mass is 9.93. The van der Waals surface area contributed by atoms with Crippen LogP contribution in [0.4, 0.5) is 0 Å². The second-order valence-corrected chi connectivity index (χ2v) is 6.65. The molecule has 2 N–H and O–H groups in total. The van der Waals surface area contributed by atoms with Gasteiger partial charge in [-0.2, -0.15) is 5.26 Å². The topological polar surface area (TPSA) is 110 Å². The number of fused-ring (bicyclic) bond motifs is 1. The van der Waals surface area contributed by atoms with E-state index in [1.807, 2.05) is 6.07 Å². The number of ether oxygens (including phenoxy) is 3. The van der Waals surface area contributed by atoms with E-state index < -0.39 is 12.0 Å². The molecule has 8 nitrogen and oxygen atoms in total. The van der Waals surface area contributed by atoms with E-state index in [2.05, 4.69) is 11.1 Å². The van der Waals surface area contributed by atoms with Crippen molar-refractivity contribution in [2.24, 2.45) is 10.7 Å². The summed E-state index contributed by atoms with van der Waals surface area (Å²) in [6.07, 6.45) is 0. The van der Waals surface area contributed by atoms with Gasteiger partial charge in [0.1, 0.15) is 22.8 Å². The van der Waals surface area contributed by atoms with E-state index in [0.29, 0.717) is 38.4 Å². The van der Waals surface area contributed by atoms with Gasteiger partial charge in [0.05, 0.1) is 32.6 Å². The monoisotopic (exact) mass is 386 g/mol. The van der Waals surface area contributed by atoms with Gasteiger partial charge in [0, 0.05) is 5.56 Å². The number of hydrogen-bond donors (Lipinski definition) is 1. The van der Waals surface area contributed by atoms with Crippen molar-refractivity contribution in [3.05, 3.63) is 45.8 Å². The van der Waals surface area contributed by atoms with Crippen LogP contribution in [0, 0.1) is 11.3 Å². The van der Waals surface area contributed by atoms with Gasteiger partial charge in [-0.25, -0.2) is 9.79 Å². The summed E-state index contributed by atoms with van der Waals surface area (Å²) in [5.74, 6) is 0.665. The lowest BCUT2D eigenvalue weighted by Gasteiger charge is -2.35. The Morgan fingerprint density at radius 3 is 2.67 bits per heavy atom. The Bertz CT molecular complexity index is 945. The number of allylic oxidation sites excluding steroid dienone is 2. The number of nitrogens with zero attached hydrogens (tertiary/aromatic N) is 3. The Morgan fingerprint density at radius 1 is 1.33 bits per heavy atom. The van der Waals surface area contributed by atoms with Crippen molar-refractivity contribution in [2.45, 2.75) is 13.0 Å². The number of esters is 1. The van der Waals surface area contributed by atoms with Gasteiger partial charge in [-0.3, -0.25) is 4.90 Å². The molecule has 1 aromatic rings. The Hall–Kier alpha value is -3.12. The maximum absolute atomic E-state index is 12.6. The van der Waals surface area contributed by atoms with Crippen LogP contribution in [0.5, 0.6) is 11.5 Å². The van der Waals surface area contributed by atoms with Crippen LogP contribution in [-0.2, 0) is 9.53 Å². The van der Waals surface area contributed by atoms with Crippen molar-refractivity contribution in [1.29, 1.82) is 5.26 Å². The number of carbonyl (C=O) groups excluding carboxylic acids is 1. The molecule has 9 heteroatoms. The Labute approximate surface area is 160 Å². The summed E-state index contributed by atoms with van der Waals surface area (Å²) in [5.41, 5.74) is 7.67. The molecule has 27 heavy (non-hydrogen) atoms. The molecule has 0 amide bonds. The standard InChI is InChI=1S/C18H18N4O4S/c1-9-13(17(23)26-4)14(10-6-5-7-11(24-2)15(10)25-3)22-16(20)12(8-19)27-18(22)21-9/h5-7,14H,20H2,1-4H3/t14-/m1/s1. The minimum atomic E-state index is -0.673. The van der Waals surface area contributed by atoms with Crippen LogP contribution in [0.2, 0.25) is 0 Å². The largest absolute Gasteiger partial charge is 0.493 e. The van der Waals surface area contributed by atoms with Crippen LogP contribution < -0.4 is 15.2 Å². The fourth-order valence-electron chi connectivity index (χ4n) is 3.13. The first-order valence-electron chi connectivity index (χ1n) is 7.94. The number of nitriles is 1. The fraction of sp³-hybridized carbons (Fsp3) is 0.278. The molecule has 2 aliphatic rings. The summed E-state index contributed by atoms with van der Waals surface area (Å²) in [4.78, 5) is 19.0. The molecule has 0 spiro atoms. The number of para-hydroxylation sites is 1. The Morgan fingerprint density at radius 2 is 2.07 bits per heavy atom. The molecular weight excluding hydrogens is 368 g/mol. The van der Waals surface area contributed by atoms with E-state index in [9.17, 15) is 10.1 Å². The SMILES string of the molecule is COC(=O)C1=C(C)N=C2SC(C#N)=C(N)N2[C@@H]1c1cccc(OC)c1OC. The summed E-state index contributed by atoms with van der Waals surface area (Å²) in [6, 6.07) is 6.76. The predicted octanol–water partition coefficient (Wildman–Crippen LogP) is 2.26. The molecule has 2 aliphatic heterocycles. The van der Waals surface area contributed by atoms with E-state index in [-0.39, 0.29) is 5.82 Å². The average Bonchev–Trinajstić information content (AvgIpc) is 3.00. The van der Waals surface area contributed by atoms with E-state index in [0.717, 1.165) is 11.8 Å². The molecule has 0 unspecified atom stereocenters. The molecule has 0 radical (unpaired) electrons. The predicted molar refractivity (Wildman–Crippen MR) is 101 cm³/mol. The number of aliphatic imine (C=N–C) groups is 1. The maximum atomic E-state index is 12.6. The lowest BCUT2D eigenvalue weighted by Crippen LogP contribution is -2.38. The number of rotatable bonds is 4. The molecule has 0 bridgehead atoms. The molecule has 2 heterocycles. The van der Waals surface area contributed by atoms with Crippen molar-refractivity contribution in [1.82, 2.24) is 4.90 Å². The molecule has 0 aliphatic carbocycles. The number of hydrogen-bond acceptors (Lipinski definition) is 9. The van der Waals surface area contributed by atoms with Crippen LogP contribution >= 0.6 is 11.8 Å². The summed E-state index contributed by atoms with van der Waals surface area (Å²) in [7, 11) is 4.36. The molecule has 3 rings (SSSR count). The van der Waals surface area contributed by atoms with Gasteiger partial charge < -0.3 is 19.9 Å². The minimum Gasteiger partial charge on any atom is -0.493 e. The van der Waals surface area contributed by atoms with Crippen LogP contribution in [0.1, 0.15) is 18.5 Å². The maximum Gasteiger partial charge on any atom is 0.338 e. The minimum absolute atomic E-state index is 0.227. The summed E-state index contributed by atoms with van der Waals surface area (Å²) < 4.78 is 15.9. The zero-order valence-corrected chi connectivity index (χ0v) is 16.1. The van der Waals surface area contributed by atoms with Gasteiger partial charge in [-0.15, -0.1) is 0 Å². The third kappa shape index (κ3) is 2.88. The number of methoxy groups -OCH3 is 3. The van der Waals surface area contributed by atoms with E-state index in [4.69, 9.17) is 19.9 Å². The van der Waals surface area contributed by atoms with Crippen LogP contribution in [0.25, 0.3) is 0 Å². The van der Waals surface area contributed by atoms with Crippen molar-refractivity contribution < 1.29 is 19.0 Å². The van der Waals surface area contributed by atoms with Gasteiger partial charge in [0.15, 0.2) is 16.7 Å². The molecule has 0 aromatic heterocycles. The van der Waals surface area contributed by atoms with Crippen LogP contribution in [-0.4, -0.2) is 37.4 Å². The van der Waals surface area contributed by atoms with E-state index >= 15 is 0 Å². The second-order valence-electron chi connectivity index (χ2n) is 5.67. The summed E-state index contributed by atoms with van der Waals surface area (Å²) in [6.45, 7) is 1.72. The highest BCUT2D eigenvalue weighted by Gasteiger charge is 2.43. The van der Waals surface area contributed by atoms with Crippen molar-refractivity contribution in [3.8, 4) is 17.6 Å². The third-order valence-corrected chi connectivity index (χ3v) is 5.29. The van der Waals surface area contributed by atoms with Gasteiger partial charge in [0.2, 0.25) is 0 Å². The third-order valence-electron chi connectivity index (χ3n) is 4.31. The molecular formula is C18H18N4O4S. The van der Waals surface area contributed by atoms with Gasteiger partial charge in [-0.05, 0) is 24.8 Å². The number of benzene rings is 1. The molecule has 1 atom stereocenters. The number of amidine groups is 1. The summed E-state index contributed by atoms with van der Waals surface area (Å²) in [5, 5.41) is 9.89. The number of carbonyl (C=O) groups is 1. The molecule has 0 fully saturated rings. The van der Waals surface area contributed by atoms with Crippen molar-refractivity contribution >= 4 is 22.9 Å². The highest BCUT2D eigenvalue weighted by atomic mass is 32.2. The summed E-state index contributed by atoms with van der Waals surface area (Å²) >= 11 is 1.16. The number of nitrogens with two attached hydrogens (primary N) is 1. The first-order chi connectivity index (χ1) is 13.0. The van der Waals surface area contributed by atoms with Crippen LogP contribution in [0.3, 0.4) is 0 Å². The molecule has 0 saturated heterocycles. The van der Waals surface area contributed by atoms with Crippen molar-refractivity contribution in [3.63, 3.8) is 0 Å². The Kier molecular flexibility index (Phi) is 5.01. The van der Waals surface area contributed by atoms with E-state index in [1.165, 1.54) is 21.3 Å². The van der Waals surface area contributed by atoms with Gasteiger partial charge in [0.25, 0.3) is 0 Å². The highest BCUT2D eigenvalue weighted by molar-refractivity contribution is 8.17. The lowest BCUT2D eigenvalue weighted by molar-refractivity contribution is -0.136. The molecule has 140 valence electrons. The van der Waals surface area contributed by atoms with Gasteiger partial charge >= 0.3 is 5.97 Å². The number of thioether (sulfide) groups is 1. The van der Waals surface area contributed by atoms with Gasteiger partial charge in [-0.1, -0.05) is 12.1 Å². The average molecular weight is 386 g/mol. The molecule has 0 saturated carbocycles. The smallest absolute Gasteiger partial charge is 0.338 e. The van der Waals surface area contributed by atoms with Crippen LogP contribution in [0.15, 0.2) is 45.2 Å². The van der Waals surface area contributed by atoms with E-state index in [1.54, 1.807) is 24.0 Å². The second kappa shape index (κ2) is 7.25. The highest BCUT2D eigenvalue weighted by Crippen LogP contribution is 2.48. The Balaban J connectivity index is 2.29. The molecule has 1 aromatic carbocycles. The zero-order chi connectivity index (χ0) is 19.7. The normalized spacial score (nSPS) is 18.7. The van der Waals surface area contributed by atoms with Crippen molar-refractivity contribution in [2.75, 3.05) is 21.3 Å². The first kappa shape index (κ1) is 18.7. The quantitative estimate of drug-likeness (QED) is 0.785. The zero-order valence-electron chi connectivity index (χ0n) is 15.3. The fourth-order valence-corrected chi connectivity index (χ4v) is 4.05. The first-order valence-corrected chi connectivity index (χ1v) is 8.75.